The molecule has 0 spiro atoms. The Morgan fingerprint density at radius 3 is 1.72 bits per heavy atom. The molecule has 11 aromatic rings. The molecule has 0 bridgehead atoms. The van der Waals surface area contributed by atoms with E-state index in [0.29, 0.717) is 5.82 Å². The maximum absolute atomic E-state index is 5.24. The zero-order chi connectivity index (χ0) is 43.1. The predicted molar refractivity (Wildman–Crippen MR) is 273 cm³/mol. The molecule has 1 N–H and O–H groups in total. The van der Waals surface area contributed by atoms with Gasteiger partial charge in [0.1, 0.15) is 5.84 Å². The second-order valence-corrected chi connectivity index (χ2v) is 17.5. The van der Waals surface area contributed by atoms with Crippen LogP contribution in [0.15, 0.2) is 236 Å². The third-order valence-electron chi connectivity index (χ3n) is 12.4. The van der Waals surface area contributed by atoms with E-state index in [-0.39, 0.29) is 6.04 Å². The van der Waals surface area contributed by atoms with Crippen LogP contribution in [0.3, 0.4) is 0 Å². The minimum atomic E-state index is -0.0153. The lowest BCUT2D eigenvalue weighted by Gasteiger charge is -2.24. The number of aliphatic imine (C=N–C) groups is 1. The molecule has 3 heterocycles. The first-order valence-corrected chi connectivity index (χ1v) is 22.8. The molecule has 1 aliphatic rings. The van der Waals surface area contributed by atoms with Crippen molar-refractivity contribution in [1.82, 2.24) is 15.3 Å². The van der Waals surface area contributed by atoms with Gasteiger partial charge >= 0.3 is 0 Å². The Balaban J connectivity index is 0.945. The molecule has 0 radical (unpaired) electrons. The lowest BCUT2D eigenvalue weighted by atomic mass is 9.91. The minimum Gasteiger partial charge on any atom is -0.359 e. The summed E-state index contributed by atoms with van der Waals surface area (Å²) in [6, 6.07) is 79.5. The first-order chi connectivity index (χ1) is 32.2. The van der Waals surface area contributed by atoms with Crippen LogP contribution in [-0.2, 0) is 0 Å². The van der Waals surface area contributed by atoms with Crippen molar-refractivity contribution in [2.75, 3.05) is 0 Å². The number of nitrogens with one attached hydrogen (secondary N) is 1. The second kappa shape index (κ2) is 16.5. The highest BCUT2D eigenvalue weighted by atomic mass is 32.1. The van der Waals surface area contributed by atoms with E-state index in [2.05, 4.69) is 224 Å². The van der Waals surface area contributed by atoms with Crippen molar-refractivity contribution < 1.29 is 0 Å². The largest absolute Gasteiger partial charge is 0.359 e. The normalized spacial score (nSPS) is 13.7. The summed E-state index contributed by atoms with van der Waals surface area (Å²) >= 11 is 1.84. The molecule has 65 heavy (non-hydrogen) atoms. The molecule has 5 heteroatoms. The maximum Gasteiger partial charge on any atom is 0.160 e. The average molecular weight is 849 g/mol. The number of fused-ring (bicyclic) bond motifs is 4. The summed E-state index contributed by atoms with van der Waals surface area (Å²) in [5.74, 6) is 1.54. The molecule has 1 atom stereocenters. The Hall–Kier alpha value is -8.25. The molecule has 0 fully saturated rings. The number of hydrogen-bond acceptors (Lipinski definition) is 5. The molecule has 2 aromatic heterocycles. The third kappa shape index (κ3) is 7.38. The van der Waals surface area contributed by atoms with Crippen molar-refractivity contribution >= 4 is 53.8 Å². The molecule has 12 rings (SSSR count). The molecule has 1 unspecified atom stereocenters. The van der Waals surface area contributed by atoms with E-state index in [9.17, 15) is 0 Å². The predicted octanol–water partition coefficient (Wildman–Crippen LogP) is 15.5. The van der Waals surface area contributed by atoms with Crippen LogP contribution in [0.4, 0.5) is 0 Å². The number of aromatic nitrogens is 2. The van der Waals surface area contributed by atoms with Gasteiger partial charge in [0.2, 0.25) is 0 Å². The molecule has 9 aromatic carbocycles. The molecule has 1 aliphatic heterocycles. The number of rotatable bonds is 8. The summed E-state index contributed by atoms with van der Waals surface area (Å²) in [6.45, 7) is 0. The summed E-state index contributed by atoms with van der Waals surface area (Å²) in [7, 11) is 0. The lowest BCUT2D eigenvalue weighted by molar-refractivity contribution is 0.781. The van der Waals surface area contributed by atoms with E-state index in [1.165, 1.54) is 47.6 Å². The van der Waals surface area contributed by atoms with Crippen molar-refractivity contribution in [1.29, 1.82) is 0 Å². The Labute approximate surface area is 381 Å². The first kappa shape index (κ1) is 38.4. The minimum absolute atomic E-state index is 0.0153. The van der Waals surface area contributed by atoms with Gasteiger partial charge in [0.15, 0.2) is 5.82 Å². The molecule has 4 nitrogen and oxygen atoms in total. The van der Waals surface area contributed by atoms with Crippen LogP contribution in [0.2, 0.25) is 0 Å². The maximum atomic E-state index is 5.24. The van der Waals surface area contributed by atoms with Crippen molar-refractivity contribution in [2.24, 2.45) is 4.99 Å². The third-order valence-corrected chi connectivity index (χ3v) is 13.5. The van der Waals surface area contributed by atoms with Crippen molar-refractivity contribution in [2.45, 2.75) is 6.04 Å². The van der Waals surface area contributed by atoms with E-state index in [4.69, 9.17) is 15.0 Å². The molecule has 306 valence electrons. The van der Waals surface area contributed by atoms with Crippen molar-refractivity contribution in [3.8, 4) is 56.2 Å². The monoisotopic (exact) mass is 848 g/mol. The summed E-state index contributed by atoms with van der Waals surface area (Å²) in [5, 5.41) is 8.63. The number of nitrogens with zero attached hydrogens (tertiary/aromatic N) is 3. The fourth-order valence-corrected chi connectivity index (χ4v) is 10.2. The Morgan fingerprint density at radius 2 is 0.969 bits per heavy atom. The molecule has 0 amide bonds. The zero-order valence-corrected chi connectivity index (χ0v) is 36.1. The van der Waals surface area contributed by atoms with E-state index in [1.807, 2.05) is 23.5 Å². The van der Waals surface area contributed by atoms with Gasteiger partial charge < -0.3 is 5.32 Å². The fourth-order valence-electron chi connectivity index (χ4n) is 9.07. The van der Waals surface area contributed by atoms with Gasteiger partial charge in [-0.25, -0.2) is 15.0 Å². The molecular formula is C60H40N4S. The van der Waals surface area contributed by atoms with Gasteiger partial charge in [0.25, 0.3) is 0 Å². The van der Waals surface area contributed by atoms with E-state index >= 15 is 0 Å². The molecule has 0 saturated carbocycles. The van der Waals surface area contributed by atoms with Crippen LogP contribution < -0.4 is 5.32 Å². The summed E-state index contributed by atoms with van der Waals surface area (Å²) in [5.41, 5.74) is 13.8. The molecule has 0 aliphatic carbocycles. The molecule has 0 saturated heterocycles. The number of thiophene rings is 1. The summed E-state index contributed by atoms with van der Waals surface area (Å²) < 4.78 is 2.54. The van der Waals surface area contributed by atoms with Crippen LogP contribution in [0, 0.1) is 0 Å². The quantitative estimate of drug-likeness (QED) is 0.166. The Bertz CT molecular complexity index is 3590. The zero-order valence-electron chi connectivity index (χ0n) is 35.3. The first-order valence-electron chi connectivity index (χ1n) is 22.0. The van der Waals surface area contributed by atoms with Crippen LogP contribution >= 0.6 is 11.3 Å². The summed E-state index contributed by atoms with van der Waals surface area (Å²) in [4.78, 5) is 15.6. The van der Waals surface area contributed by atoms with E-state index in [1.54, 1.807) is 0 Å². The van der Waals surface area contributed by atoms with Crippen LogP contribution in [0.5, 0.6) is 0 Å². The molecular weight excluding hydrogens is 809 g/mol. The number of hydrogen-bond donors (Lipinski definition) is 1. The van der Waals surface area contributed by atoms with Gasteiger partial charge in [-0.3, -0.25) is 0 Å². The number of amidine groups is 1. The standard InChI is InChI=1S/C60H40N4S/c1-4-16-42(17-5-1)53-37-54(43-18-6-2-7-19-43)62-59(61-53)45-31-27-40(28-32-45)50-35-52-49-24-12-13-26-57(49)65-58(52)36-51(50)41-29-33-46(34-30-41)60-63-55(44-20-8-3-9-21-44)38-56(64-60)48-25-14-22-39-15-10-11-23-47(39)48/h1-38,53H,(H,61,62). The van der Waals surface area contributed by atoms with Crippen molar-refractivity contribution in [3.63, 3.8) is 0 Å². The van der Waals surface area contributed by atoms with Gasteiger partial charge in [-0.1, -0.05) is 200 Å². The second-order valence-electron chi connectivity index (χ2n) is 16.4. The topological polar surface area (TPSA) is 50.2 Å². The van der Waals surface area contributed by atoms with Gasteiger partial charge in [0, 0.05) is 42.4 Å². The van der Waals surface area contributed by atoms with Crippen LogP contribution in [0.1, 0.15) is 22.7 Å². The average Bonchev–Trinajstić information content (AvgIpc) is 3.76. The fraction of sp³-hybridized carbons (Fsp3) is 0.0167. The van der Waals surface area contributed by atoms with E-state index < -0.39 is 0 Å². The smallest absolute Gasteiger partial charge is 0.160 e. The van der Waals surface area contributed by atoms with Gasteiger partial charge in [-0.05, 0) is 74.5 Å². The highest BCUT2D eigenvalue weighted by Gasteiger charge is 2.21. The SMILES string of the molecule is C1=C(c2ccccc2)N=C(c2ccc(-c3cc4c(cc3-c3ccc(-c5nc(-c6ccccc6)cc(-c6cccc7ccccc67)n5)cc3)sc3ccccc34)cc2)NC1c1ccccc1. The van der Waals surface area contributed by atoms with E-state index in [0.717, 1.165) is 61.9 Å². The lowest BCUT2D eigenvalue weighted by Crippen LogP contribution is -2.31. The highest BCUT2D eigenvalue weighted by Crippen LogP contribution is 2.43. The van der Waals surface area contributed by atoms with Gasteiger partial charge in [-0.2, -0.15) is 0 Å². The van der Waals surface area contributed by atoms with Gasteiger partial charge in [-0.15, -0.1) is 11.3 Å². The summed E-state index contributed by atoms with van der Waals surface area (Å²) in [6.07, 6.45) is 2.22. The van der Waals surface area contributed by atoms with Gasteiger partial charge in [0.05, 0.1) is 23.1 Å². The van der Waals surface area contributed by atoms with Crippen LogP contribution in [0.25, 0.3) is 92.8 Å². The Kier molecular flexibility index (Phi) is 9.73. The highest BCUT2D eigenvalue weighted by molar-refractivity contribution is 7.25. The van der Waals surface area contributed by atoms with Crippen LogP contribution in [-0.4, -0.2) is 15.8 Å². The Morgan fingerprint density at radius 1 is 0.385 bits per heavy atom. The van der Waals surface area contributed by atoms with Crippen molar-refractivity contribution in [3.05, 3.63) is 247 Å². The number of benzene rings is 9.